The summed E-state index contributed by atoms with van der Waals surface area (Å²) in [4.78, 5) is 28.0. The number of hydrogen-bond donors (Lipinski definition) is 1. The predicted octanol–water partition coefficient (Wildman–Crippen LogP) is 3.52. The molecule has 0 bridgehead atoms. The number of rotatable bonds is 7. The van der Waals surface area contributed by atoms with E-state index in [-0.39, 0.29) is 22.4 Å². The fourth-order valence-electron chi connectivity index (χ4n) is 4.71. The van der Waals surface area contributed by atoms with Gasteiger partial charge in [-0.15, -0.1) is 0 Å². The highest BCUT2D eigenvalue weighted by Crippen LogP contribution is 2.25. The van der Waals surface area contributed by atoms with Crippen LogP contribution in [0.4, 0.5) is 0 Å². The predicted molar refractivity (Wildman–Crippen MR) is 131 cm³/mol. The first-order valence-electron chi connectivity index (χ1n) is 11.3. The number of nitrogens with two attached hydrogens (primary N) is 1. The SMILES string of the molecule is Cc1cc(C(=O)CN2CCC(C(=O)c3ccccc3)CC2)c(C)n1-c1ccc(S(N)(=O)=O)cc1. The standard InChI is InChI=1S/C26H29N3O4S/c1-18-16-24(19(2)29(18)22-8-10-23(11-9-22)34(27,32)33)25(30)17-28-14-12-21(13-15-28)26(31)20-6-4-3-5-7-20/h3-11,16,21H,12-15,17H2,1-2H3,(H2,27,32,33). The highest BCUT2D eigenvalue weighted by atomic mass is 32.2. The summed E-state index contributed by atoms with van der Waals surface area (Å²) >= 11 is 0. The Labute approximate surface area is 200 Å². The minimum absolute atomic E-state index is 0.000812. The molecule has 0 atom stereocenters. The topological polar surface area (TPSA) is 102 Å². The molecule has 1 aliphatic rings. The molecule has 0 amide bonds. The van der Waals surface area contributed by atoms with Crippen LogP contribution in [0.5, 0.6) is 0 Å². The van der Waals surface area contributed by atoms with Crippen LogP contribution in [-0.2, 0) is 10.0 Å². The van der Waals surface area contributed by atoms with Crippen LogP contribution in [0.25, 0.3) is 5.69 Å². The summed E-state index contributed by atoms with van der Waals surface area (Å²) in [5, 5.41) is 5.19. The molecule has 1 fully saturated rings. The first kappa shape index (κ1) is 24.1. The van der Waals surface area contributed by atoms with Crippen LogP contribution in [0.2, 0.25) is 0 Å². The van der Waals surface area contributed by atoms with Crippen molar-refractivity contribution in [2.75, 3.05) is 19.6 Å². The number of aryl methyl sites for hydroxylation is 1. The lowest BCUT2D eigenvalue weighted by molar-refractivity contribution is 0.0805. The van der Waals surface area contributed by atoms with Crippen molar-refractivity contribution in [2.24, 2.45) is 11.1 Å². The van der Waals surface area contributed by atoms with Crippen molar-refractivity contribution in [1.29, 1.82) is 0 Å². The zero-order valence-corrected chi connectivity index (χ0v) is 20.2. The molecule has 0 unspecified atom stereocenters. The number of piperidine rings is 1. The van der Waals surface area contributed by atoms with Crippen molar-refractivity contribution in [3.63, 3.8) is 0 Å². The third-order valence-corrected chi connectivity index (χ3v) is 7.47. The number of hydrogen-bond acceptors (Lipinski definition) is 5. The Morgan fingerprint density at radius 2 is 1.59 bits per heavy atom. The summed E-state index contributed by atoms with van der Waals surface area (Å²) in [6.07, 6.45) is 1.49. The summed E-state index contributed by atoms with van der Waals surface area (Å²) < 4.78 is 25.0. The summed E-state index contributed by atoms with van der Waals surface area (Å²) in [6.45, 7) is 5.53. The molecule has 3 aromatic rings. The Bertz CT molecular complexity index is 1300. The van der Waals surface area contributed by atoms with E-state index in [1.807, 2.05) is 54.8 Å². The second-order valence-corrected chi connectivity index (χ2v) is 10.4. The molecule has 0 aliphatic carbocycles. The van der Waals surface area contributed by atoms with Gasteiger partial charge in [0, 0.05) is 34.1 Å². The number of sulfonamides is 1. The van der Waals surface area contributed by atoms with Gasteiger partial charge in [-0.2, -0.15) is 0 Å². The second-order valence-electron chi connectivity index (χ2n) is 8.86. The van der Waals surface area contributed by atoms with Crippen LogP contribution < -0.4 is 5.14 Å². The number of carbonyl (C=O) groups is 2. The lowest BCUT2D eigenvalue weighted by Crippen LogP contribution is -2.39. The van der Waals surface area contributed by atoms with E-state index in [0.717, 1.165) is 35.5 Å². The van der Waals surface area contributed by atoms with Gasteiger partial charge >= 0.3 is 0 Å². The van der Waals surface area contributed by atoms with Crippen molar-refractivity contribution in [3.8, 4) is 5.69 Å². The largest absolute Gasteiger partial charge is 0.318 e. The molecule has 1 aliphatic heterocycles. The highest BCUT2D eigenvalue weighted by molar-refractivity contribution is 7.89. The Morgan fingerprint density at radius 3 is 2.18 bits per heavy atom. The van der Waals surface area contributed by atoms with Gasteiger partial charge in [0.2, 0.25) is 10.0 Å². The van der Waals surface area contributed by atoms with Gasteiger partial charge < -0.3 is 4.57 Å². The average molecular weight is 480 g/mol. The third-order valence-electron chi connectivity index (χ3n) is 6.54. The minimum Gasteiger partial charge on any atom is -0.318 e. The molecule has 1 aromatic heterocycles. The van der Waals surface area contributed by atoms with Crippen molar-refractivity contribution in [3.05, 3.63) is 83.2 Å². The van der Waals surface area contributed by atoms with Gasteiger partial charge in [-0.3, -0.25) is 14.5 Å². The summed E-state index contributed by atoms with van der Waals surface area (Å²) in [5.41, 5.74) is 3.86. The van der Waals surface area contributed by atoms with Crippen molar-refractivity contribution >= 4 is 21.6 Å². The lowest BCUT2D eigenvalue weighted by atomic mass is 9.89. The van der Waals surface area contributed by atoms with E-state index < -0.39 is 10.0 Å². The molecule has 8 heteroatoms. The highest BCUT2D eigenvalue weighted by Gasteiger charge is 2.27. The van der Waals surface area contributed by atoms with Gasteiger partial charge in [0.15, 0.2) is 11.6 Å². The van der Waals surface area contributed by atoms with Gasteiger partial charge in [0.25, 0.3) is 0 Å². The quantitative estimate of drug-likeness (QED) is 0.523. The minimum atomic E-state index is -3.76. The van der Waals surface area contributed by atoms with E-state index in [1.165, 1.54) is 12.1 Å². The molecule has 178 valence electrons. The van der Waals surface area contributed by atoms with Crippen LogP contribution in [0, 0.1) is 19.8 Å². The fourth-order valence-corrected chi connectivity index (χ4v) is 5.22. The maximum atomic E-state index is 13.1. The number of nitrogens with zero attached hydrogens (tertiary/aromatic N) is 2. The first-order chi connectivity index (χ1) is 16.1. The molecule has 0 saturated carbocycles. The molecular weight excluding hydrogens is 450 g/mol. The third kappa shape index (κ3) is 5.04. The van der Waals surface area contributed by atoms with Crippen LogP contribution >= 0.6 is 0 Å². The van der Waals surface area contributed by atoms with Crippen LogP contribution in [0.15, 0.2) is 65.6 Å². The summed E-state index contributed by atoms with van der Waals surface area (Å²) in [7, 11) is -3.76. The number of carbonyl (C=O) groups excluding carboxylic acids is 2. The van der Waals surface area contributed by atoms with Gasteiger partial charge in [-0.1, -0.05) is 30.3 Å². The zero-order chi connectivity index (χ0) is 24.5. The fraction of sp³-hybridized carbons (Fsp3) is 0.308. The zero-order valence-electron chi connectivity index (χ0n) is 19.4. The molecule has 34 heavy (non-hydrogen) atoms. The second kappa shape index (κ2) is 9.66. The maximum Gasteiger partial charge on any atom is 0.238 e. The molecule has 0 radical (unpaired) electrons. The number of primary sulfonamides is 1. The number of ketones is 2. The molecule has 1 saturated heterocycles. The van der Waals surface area contributed by atoms with E-state index in [4.69, 9.17) is 5.14 Å². The van der Waals surface area contributed by atoms with Gasteiger partial charge in [0.1, 0.15) is 0 Å². The van der Waals surface area contributed by atoms with Crippen molar-refractivity contribution in [2.45, 2.75) is 31.6 Å². The Balaban J connectivity index is 1.42. The normalized spacial score (nSPS) is 15.4. The number of benzene rings is 2. The van der Waals surface area contributed by atoms with Crippen LogP contribution in [0.3, 0.4) is 0 Å². The smallest absolute Gasteiger partial charge is 0.238 e. The Kier molecular flexibility index (Phi) is 6.84. The summed E-state index contributed by atoms with van der Waals surface area (Å²) in [6, 6.07) is 17.5. The van der Waals surface area contributed by atoms with E-state index >= 15 is 0 Å². The van der Waals surface area contributed by atoms with Gasteiger partial charge in [0.05, 0.1) is 11.4 Å². The van der Waals surface area contributed by atoms with Gasteiger partial charge in [-0.05, 0) is 70.1 Å². The molecule has 7 nitrogen and oxygen atoms in total. The van der Waals surface area contributed by atoms with Crippen molar-refractivity contribution < 1.29 is 18.0 Å². The van der Waals surface area contributed by atoms with E-state index in [2.05, 4.69) is 4.90 Å². The monoisotopic (exact) mass is 479 g/mol. The lowest BCUT2D eigenvalue weighted by Gasteiger charge is -2.30. The molecule has 4 rings (SSSR count). The number of aromatic nitrogens is 1. The molecule has 2 heterocycles. The van der Waals surface area contributed by atoms with Crippen LogP contribution in [0.1, 0.15) is 44.9 Å². The van der Waals surface area contributed by atoms with Gasteiger partial charge in [-0.25, -0.2) is 13.6 Å². The Morgan fingerprint density at radius 1 is 0.971 bits per heavy atom. The molecule has 2 N–H and O–H groups in total. The average Bonchev–Trinajstić information content (AvgIpc) is 3.13. The van der Waals surface area contributed by atoms with Crippen LogP contribution in [-0.4, -0.2) is 49.1 Å². The van der Waals surface area contributed by atoms with E-state index in [0.29, 0.717) is 25.2 Å². The summed E-state index contributed by atoms with van der Waals surface area (Å²) in [5.74, 6) is 0.219. The van der Waals surface area contributed by atoms with Crippen molar-refractivity contribution in [1.82, 2.24) is 9.47 Å². The number of Topliss-reactive ketones (excluding diaryl/α,β-unsaturated/α-hetero) is 2. The Hall–Kier alpha value is -3.07. The van der Waals surface area contributed by atoms with E-state index in [9.17, 15) is 18.0 Å². The molecule has 2 aromatic carbocycles. The molecular formula is C26H29N3O4S. The maximum absolute atomic E-state index is 13.1. The molecule has 0 spiro atoms. The first-order valence-corrected chi connectivity index (χ1v) is 12.9. The number of likely N-dealkylation sites (tertiary alicyclic amines) is 1. The van der Waals surface area contributed by atoms with E-state index in [1.54, 1.807) is 12.1 Å².